The van der Waals surface area contributed by atoms with Crippen LogP contribution >= 0.6 is 0 Å². The van der Waals surface area contributed by atoms with Gasteiger partial charge in [0, 0.05) is 30.8 Å². The second kappa shape index (κ2) is 7.76. The smallest absolute Gasteiger partial charge is 0.278 e. The largest absolute Gasteiger partial charge is 0.477 e. The molecule has 0 spiro atoms. The van der Waals surface area contributed by atoms with Gasteiger partial charge in [0.05, 0.1) is 7.11 Å². The number of ether oxygens (including phenoxy) is 2. The van der Waals surface area contributed by atoms with E-state index in [0.717, 1.165) is 25.7 Å². The van der Waals surface area contributed by atoms with E-state index in [0.29, 0.717) is 11.8 Å². The molecule has 8 nitrogen and oxygen atoms in total. The number of hydrogen-bond donors (Lipinski definition) is 1. The lowest BCUT2D eigenvalue weighted by Gasteiger charge is -2.29. The van der Waals surface area contributed by atoms with E-state index in [4.69, 9.17) is 9.47 Å². The van der Waals surface area contributed by atoms with Crippen molar-refractivity contribution in [2.75, 3.05) is 7.11 Å². The predicted molar refractivity (Wildman–Crippen MR) is 85.6 cm³/mol. The van der Waals surface area contributed by atoms with Crippen LogP contribution in [0.15, 0.2) is 30.9 Å². The molecule has 0 radical (unpaired) electrons. The summed E-state index contributed by atoms with van der Waals surface area (Å²) in [4.78, 5) is 20.2. The Labute approximate surface area is 140 Å². The molecule has 2 aromatic heterocycles. The second-order valence-electron chi connectivity index (χ2n) is 5.73. The van der Waals surface area contributed by atoms with Crippen LogP contribution in [-0.2, 0) is 11.3 Å². The van der Waals surface area contributed by atoms with Crippen molar-refractivity contribution in [1.82, 2.24) is 25.1 Å². The highest BCUT2D eigenvalue weighted by molar-refractivity contribution is 5.75. The van der Waals surface area contributed by atoms with E-state index >= 15 is 0 Å². The molecular weight excluding hydrogens is 310 g/mol. The van der Waals surface area contributed by atoms with Crippen molar-refractivity contribution in [3.8, 4) is 11.8 Å². The van der Waals surface area contributed by atoms with Crippen LogP contribution in [0.1, 0.15) is 25.7 Å². The average Bonchev–Trinajstić information content (AvgIpc) is 3.10. The number of carbonyl (C=O) groups excluding carboxylic acids is 1. The zero-order valence-corrected chi connectivity index (χ0v) is 13.6. The normalized spacial score (nSPS) is 20.4. The molecule has 1 fully saturated rings. The Morgan fingerprint density at radius 3 is 2.62 bits per heavy atom. The van der Waals surface area contributed by atoms with E-state index < -0.39 is 0 Å². The lowest BCUT2D eigenvalue weighted by atomic mass is 9.93. The van der Waals surface area contributed by atoms with Gasteiger partial charge in [-0.2, -0.15) is 5.10 Å². The summed E-state index contributed by atoms with van der Waals surface area (Å²) in [7, 11) is 1.54. The minimum Gasteiger partial charge on any atom is -0.477 e. The van der Waals surface area contributed by atoms with Crippen molar-refractivity contribution in [1.29, 1.82) is 0 Å². The first kappa shape index (κ1) is 16.2. The zero-order chi connectivity index (χ0) is 16.8. The zero-order valence-electron chi connectivity index (χ0n) is 13.6. The van der Waals surface area contributed by atoms with Crippen LogP contribution in [-0.4, -0.2) is 44.9 Å². The molecule has 1 N–H and O–H groups in total. The number of carbonyl (C=O) groups is 1. The van der Waals surface area contributed by atoms with Crippen molar-refractivity contribution >= 4 is 5.91 Å². The molecule has 2 heterocycles. The van der Waals surface area contributed by atoms with Crippen molar-refractivity contribution < 1.29 is 14.3 Å². The van der Waals surface area contributed by atoms with Crippen LogP contribution in [0.3, 0.4) is 0 Å². The van der Waals surface area contributed by atoms with E-state index in [1.807, 2.05) is 0 Å². The fourth-order valence-corrected chi connectivity index (χ4v) is 2.83. The third-order valence-electron chi connectivity index (χ3n) is 4.01. The van der Waals surface area contributed by atoms with E-state index in [2.05, 4.69) is 20.4 Å². The number of amides is 1. The van der Waals surface area contributed by atoms with Gasteiger partial charge in [0.15, 0.2) is 0 Å². The third-order valence-corrected chi connectivity index (χ3v) is 4.01. The van der Waals surface area contributed by atoms with E-state index in [9.17, 15) is 4.79 Å². The SMILES string of the molecule is COc1nccnc1OC1CCC(NC(=O)Cn2cccn2)CC1. The minimum absolute atomic E-state index is 0.0151. The molecule has 1 aliphatic rings. The van der Waals surface area contributed by atoms with Crippen LogP contribution in [0.4, 0.5) is 0 Å². The summed E-state index contributed by atoms with van der Waals surface area (Å²) in [5.41, 5.74) is 0. The first-order valence-electron chi connectivity index (χ1n) is 8.03. The quantitative estimate of drug-likeness (QED) is 0.855. The van der Waals surface area contributed by atoms with Crippen LogP contribution in [0, 0.1) is 0 Å². The highest BCUT2D eigenvalue weighted by Crippen LogP contribution is 2.27. The Balaban J connectivity index is 1.44. The van der Waals surface area contributed by atoms with Gasteiger partial charge in [-0.15, -0.1) is 0 Å². The first-order chi connectivity index (χ1) is 11.7. The Morgan fingerprint density at radius 2 is 1.96 bits per heavy atom. The Kier molecular flexibility index (Phi) is 5.25. The molecule has 1 amide bonds. The standard InChI is InChI=1S/C16H21N5O3/c1-23-15-16(18-9-8-17-15)24-13-5-3-12(4-6-13)20-14(22)11-21-10-2-7-19-21/h2,7-10,12-13H,3-6,11H2,1H3,(H,20,22). The molecule has 0 aliphatic heterocycles. The molecule has 128 valence electrons. The maximum Gasteiger partial charge on any atom is 0.278 e. The van der Waals surface area contributed by atoms with Crippen molar-refractivity contribution in [3.05, 3.63) is 30.9 Å². The Bertz CT molecular complexity index is 653. The lowest BCUT2D eigenvalue weighted by Crippen LogP contribution is -2.41. The number of rotatable bonds is 6. The van der Waals surface area contributed by atoms with Gasteiger partial charge in [0.1, 0.15) is 12.6 Å². The number of methoxy groups -OCH3 is 1. The Hall–Kier alpha value is -2.64. The number of hydrogen-bond acceptors (Lipinski definition) is 6. The molecule has 1 aliphatic carbocycles. The van der Waals surface area contributed by atoms with Crippen molar-refractivity contribution in [2.24, 2.45) is 0 Å². The molecule has 3 rings (SSSR count). The minimum atomic E-state index is -0.0151. The number of aromatic nitrogens is 4. The summed E-state index contributed by atoms with van der Waals surface area (Å²) in [6.07, 6.45) is 10.1. The topological polar surface area (TPSA) is 91.2 Å². The molecule has 0 bridgehead atoms. The molecular formula is C16H21N5O3. The Morgan fingerprint density at radius 1 is 1.21 bits per heavy atom. The molecule has 0 aromatic carbocycles. The molecule has 2 aromatic rings. The van der Waals surface area contributed by atoms with Crippen LogP contribution < -0.4 is 14.8 Å². The second-order valence-corrected chi connectivity index (χ2v) is 5.73. The van der Waals surface area contributed by atoms with Crippen molar-refractivity contribution in [3.63, 3.8) is 0 Å². The fraction of sp³-hybridized carbons (Fsp3) is 0.500. The summed E-state index contributed by atoms with van der Waals surface area (Å²) in [5, 5.41) is 7.09. The maximum atomic E-state index is 12.0. The number of nitrogens with zero attached hydrogens (tertiary/aromatic N) is 4. The summed E-state index contributed by atoms with van der Waals surface area (Å²) >= 11 is 0. The van der Waals surface area contributed by atoms with Gasteiger partial charge in [-0.3, -0.25) is 9.48 Å². The van der Waals surface area contributed by atoms with Crippen LogP contribution in [0.2, 0.25) is 0 Å². The highest BCUT2D eigenvalue weighted by atomic mass is 16.5. The van der Waals surface area contributed by atoms with E-state index in [1.165, 1.54) is 0 Å². The average molecular weight is 331 g/mol. The summed E-state index contributed by atoms with van der Waals surface area (Å²) in [5.74, 6) is 0.803. The van der Waals surface area contributed by atoms with E-state index in [-0.39, 0.29) is 24.6 Å². The van der Waals surface area contributed by atoms with Crippen LogP contribution in [0.25, 0.3) is 0 Å². The van der Waals surface area contributed by atoms with Gasteiger partial charge in [-0.25, -0.2) is 9.97 Å². The molecule has 0 atom stereocenters. The highest BCUT2D eigenvalue weighted by Gasteiger charge is 2.25. The van der Waals surface area contributed by atoms with Gasteiger partial charge < -0.3 is 14.8 Å². The molecule has 24 heavy (non-hydrogen) atoms. The fourth-order valence-electron chi connectivity index (χ4n) is 2.83. The summed E-state index contributed by atoms with van der Waals surface area (Å²) < 4.78 is 12.7. The van der Waals surface area contributed by atoms with Gasteiger partial charge in [0.25, 0.3) is 11.8 Å². The third kappa shape index (κ3) is 4.21. The first-order valence-corrected chi connectivity index (χ1v) is 8.03. The number of nitrogens with one attached hydrogen (secondary N) is 1. The molecule has 1 saturated carbocycles. The van der Waals surface area contributed by atoms with Gasteiger partial charge in [-0.05, 0) is 31.7 Å². The van der Waals surface area contributed by atoms with Gasteiger partial charge in [0.2, 0.25) is 5.91 Å². The van der Waals surface area contributed by atoms with Gasteiger partial charge >= 0.3 is 0 Å². The lowest BCUT2D eigenvalue weighted by molar-refractivity contribution is -0.122. The molecule has 0 unspecified atom stereocenters. The predicted octanol–water partition coefficient (Wildman–Crippen LogP) is 1.19. The maximum absolute atomic E-state index is 12.0. The summed E-state index contributed by atoms with van der Waals surface area (Å²) in [6.45, 7) is 0.250. The van der Waals surface area contributed by atoms with E-state index in [1.54, 1.807) is 42.6 Å². The summed E-state index contributed by atoms with van der Waals surface area (Å²) in [6, 6.07) is 1.98. The van der Waals surface area contributed by atoms with Gasteiger partial charge in [-0.1, -0.05) is 0 Å². The molecule has 0 saturated heterocycles. The molecule has 8 heteroatoms. The van der Waals surface area contributed by atoms with Crippen molar-refractivity contribution in [2.45, 2.75) is 44.4 Å². The monoisotopic (exact) mass is 331 g/mol. The van der Waals surface area contributed by atoms with Crippen LogP contribution in [0.5, 0.6) is 11.8 Å².